The first-order valence-corrected chi connectivity index (χ1v) is 13.3. The number of rotatable bonds is 5. The van der Waals surface area contributed by atoms with Crippen LogP contribution in [0.5, 0.6) is 0 Å². The van der Waals surface area contributed by atoms with Gasteiger partial charge in [0.2, 0.25) is 0 Å². The van der Waals surface area contributed by atoms with E-state index in [2.05, 4.69) is 71.3 Å². The van der Waals surface area contributed by atoms with Gasteiger partial charge in [0.25, 0.3) is 0 Å². The van der Waals surface area contributed by atoms with Crippen LogP contribution in [-0.2, 0) is 0 Å². The third kappa shape index (κ3) is 4.18. The summed E-state index contributed by atoms with van der Waals surface area (Å²) in [6.45, 7) is 0. The number of hydrogen-bond donors (Lipinski definition) is 2. The Morgan fingerprint density at radius 2 is 1.10 bits per heavy atom. The van der Waals surface area contributed by atoms with Gasteiger partial charge >= 0.3 is 7.12 Å². The molecule has 40 heavy (non-hydrogen) atoms. The van der Waals surface area contributed by atoms with Gasteiger partial charge in [-0.05, 0) is 41.5 Å². The predicted octanol–water partition coefficient (Wildman–Crippen LogP) is 6.86. The first-order chi connectivity index (χ1) is 19.7. The Morgan fingerprint density at radius 1 is 0.500 bits per heavy atom. The lowest BCUT2D eigenvalue weighted by Gasteiger charge is -2.14. The molecule has 0 spiro atoms. The van der Waals surface area contributed by atoms with Gasteiger partial charge in [-0.3, -0.25) is 0 Å². The van der Waals surface area contributed by atoms with E-state index in [1.165, 1.54) is 0 Å². The van der Waals surface area contributed by atoms with E-state index in [1.807, 2.05) is 66.7 Å². The summed E-state index contributed by atoms with van der Waals surface area (Å²) in [5, 5.41) is 22.6. The second kappa shape index (κ2) is 9.97. The maximum atomic E-state index is 10.3. The molecular formula is C35H25BN2O2. The van der Waals surface area contributed by atoms with Gasteiger partial charge in [-0.2, -0.15) is 0 Å². The average molecular weight is 516 g/mol. The highest BCUT2D eigenvalue weighted by Gasteiger charge is 2.21. The molecule has 0 bridgehead atoms. The van der Waals surface area contributed by atoms with Crippen LogP contribution in [0.15, 0.2) is 140 Å². The fourth-order valence-electron chi connectivity index (χ4n) is 5.56. The molecule has 5 heteroatoms. The Hall–Kier alpha value is -4.97. The summed E-state index contributed by atoms with van der Waals surface area (Å²) < 4.78 is 2.11. The lowest BCUT2D eigenvalue weighted by atomic mass is 9.79. The monoisotopic (exact) mass is 516 g/mol. The van der Waals surface area contributed by atoms with Crippen molar-refractivity contribution in [2.75, 3.05) is 0 Å². The van der Waals surface area contributed by atoms with Gasteiger partial charge in [0, 0.05) is 33.0 Å². The van der Waals surface area contributed by atoms with E-state index in [0.29, 0.717) is 5.46 Å². The molecule has 190 valence electrons. The van der Waals surface area contributed by atoms with Crippen molar-refractivity contribution < 1.29 is 10.0 Å². The van der Waals surface area contributed by atoms with E-state index in [-0.39, 0.29) is 0 Å². The number of benzene rings is 5. The third-order valence-corrected chi connectivity index (χ3v) is 7.41. The number of nitrogens with zero attached hydrogens (tertiary/aromatic N) is 2. The number of fused-ring (bicyclic) bond motifs is 3. The van der Waals surface area contributed by atoms with E-state index >= 15 is 0 Å². The Kier molecular flexibility index (Phi) is 6.01. The molecule has 0 radical (unpaired) electrons. The van der Waals surface area contributed by atoms with E-state index in [9.17, 15) is 10.0 Å². The fourth-order valence-corrected chi connectivity index (χ4v) is 5.56. The minimum atomic E-state index is -1.59. The quantitative estimate of drug-likeness (QED) is 0.246. The molecule has 0 saturated carbocycles. The number of hydrogen-bond acceptors (Lipinski definition) is 3. The van der Waals surface area contributed by atoms with Crippen molar-refractivity contribution in [1.82, 2.24) is 9.55 Å². The molecular weight excluding hydrogens is 491 g/mol. The predicted molar refractivity (Wildman–Crippen MR) is 165 cm³/mol. The zero-order valence-electron chi connectivity index (χ0n) is 21.6. The molecule has 0 unspecified atom stereocenters. The Balaban J connectivity index is 1.46. The standard InChI is InChI=1S/C35H25BN2O2/c39-36(40)31-19-10-18-30-29-17-7-8-20-34(29)38(35(30)31)28-16-9-15-26(21-28)33-23-27(24-11-3-1-4-12-24)22-32(37-33)25-13-5-2-6-14-25/h1-23,39-40H. The van der Waals surface area contributed by atoms with Crippen molar-refractivity contribution in [1.29, 1.82) is 0 Å². The van der Waals surface area contributed by atoms with Crippen molar-refractivity contribution >= 4 is 34.4 Å². The largest absolute Gasteiger partial charge is 0.490 e. The lowest BCUT2D eigenvalue weighted by Crippen LogP contribution is -2.31. The molecule has 7 aromatic rings. The average Bonchev–Trinajstić information content (AvgIpc) is 3.36. The van der Waals surface area contributed by atoms with Crippen LogP contribution in [0, 0.1) is 0 Å². The minimum absolute atomic E-state index is 0.467. The first-order valence-electron chi connectivity index (χ1n) is 13.3. The van der Waals surface area contributed by atoms with Crippen LogP contribution in [-0.4, -0.2) is 26.7 Å². The summed E-state index contributed by atoms with van der Waals surface area (Å²) in [6, 6.07) is 47.0. The minimum Gasteiger partial charge on any atom is -0.423 e. The summed E-state index contributed by atoms with van der Waals surface area (Å²) in [6.07, 6.45) is 0. The van der Waals surface area contributed by atoms with Gasteiger partial charge in [-0.25, -0.2) is 4.98 Å². The van der Waals surface area contributed by atoms with Crippen LogP contribution >= 0.6 is 0 Å². The highest BCUT2D eigenvalue weighted by molar-refractivity contribution is 6.62. The molecule has 0 aliphatic heterocycles. The fraction of sp³-hybridized carbons (Fsp3) is 0. The molecule has 0 fully saturated rings. The smallest absolute Gasteiger partial charge is 0.423 e. The van der Waals surface area contributed by atoms with Crippen molar-refractivity contribution in [3.8, 4) is 39.3 Å². The normalized spacial score (nSPS) is 11.2. The van der Waals surface area contributed by atoms with E-state index in [1.54, 1.807) is 6.07 Å². The lowest BCUT2D eigenvalue weighted by molar-refractivity contribution is 0.426. The first kappa shape index (κ1) is 24.1. The molecule has 0 saturated heterocycles. The van der Waals surface area contributed by atoms with Crippen molar-refractivity contribution in [3.63, 3.8) is 0 Å². The topological polar surface area (TPSA) is 58.3 Å². The number of pyridine rings is 1. The van der Waals surface area contributed by atoms with Gasteiger partial charge in [-0.1, -0.05) is 109 Å². The maximum absolute atomic E-state index is 10.3. The number of para-hydroxylation sites is 2. The Morgan fingerprint density at radius 3 is 1.85 bits per heavy atom. The highest BCUT2D eigenvalue weighted by atomic mass is 16.4. The van der Waals surface area contributed by atoms with E-state index in [4.69, 9.17) is 4.98 Å². The SMILES string of the molecule is OB(O)c1cccc2c3ccccc3n(-c3cccc(-c4cc(-c5ccccc5)cc(-c5ccccc5)n4)c3)c12. The zero-order valence-corrected chi connectivity index (χ0v) is 21.6. The second-order valence-corrected chi connectivity index (χ2v) is 9.88. The Bertz CT molecular complexity index is 1920. The third-order valence-electron chi connectivity index (χ3n) is 7.41. The summed E-state index contributed by atoms with van der Waals surface area (Å²) in [5.74, 6) is 0. The summed E-state index contributed by atoms with van der Waals surface area (Å²) in [5.41, 5.74) is 9.20. The zero-order chi connectivity index (χ0) is 27.1. The molecule has 2 N–H and O–H groups in total. The van der Waals surface area contributed by atoms with Crippen LogP contribution in [0.3, 0.4) is 0 Å². The molecule has 0 aliphatic carbocycles. The van der Waals surface area contributed by atoms with E-state index in [0.717, 1.165) is 61.1 Å². The molecule has 0 aliphatic rings. The van der Waals surface area contributed by atoms with Crippen LogP contribution in [0.2, 0.25) is 0 Å². The van der Waals surface area contributed by atoms with Crippen LogP contribution in [0.1, 0.15) is 0 Å². The van der Waals surface area contributed by atoms with Crippen LogP contribution in [0.4, 0.5) is 0 Å². The number of aromatic nitrogens is 2. The van der Waals surface area contributed by atoms with Crippen LogP contribution in [0.25, 0.3) is 61.1 Å². The van der Waals surface area contributed by atoms with Gasteiger partial charge in [-0.15, -0.1) is 0 Å². The second-order valence-electron chi connectivity index (χ2n) is 9.88. The highest BCUT2D eigenvalue weighted by Crippen LogP contribution is 2.34. The van der Waals surface area contributed by atoms with Crippen molar-refractivity contribution in [2.24, 2.45) is 0 Å². The van der Waals surface area contributed by atoms with E-state index < -0.39 is 7.12 Å². The Labute approximate surface area is 232 Å². The van der Waals surface area contributed by atoms with Gasteiger partial charge < -0.3 is 14.6 Å². The molecule has 2 aromatic heterocycles. The van der Waals surface area contributed by atoms with Gasteiger partial charge in [0.1, 0.15) is 0 Å². The summed E-state index contributed by atoms with van der Waals surface area (Å²) in [4.78, 5) is 5.10. The van der Waals surface area contributed by atoms with Crippen molar-refractivity contribution in [3.05, 3.63) is 140 Å². The molecule has 0 amide bonds. The van der Waals surface area contributed by atoms with Gasteiger partial charge in [0.05, 0.1) is 22.4 Å². The molecule has 5 aromatic carbocycles. The van der Waals surface area contributed by atoms with Crippen LogP contribution < -0.4 is 5.46 Å². The van der Waals surface area contributed by atoms with Gasteiger partial charge in [0.15, 0.2) is 0 Å². The summed E-state index contributed by atoms with van der Waals surface area (Å²) in [7, 11) is -1.59. The molecule has 2 heterocycles. The molecule has 7 rings (SSSR count). The van der Waals surface area contributed by atoms with Crippen molar-refractivity contribution in [2.45, 2.75) is 0 Å². The molecule has 0 atom stereocenters. The molecule has 4 nitrogen and oxygen atoms in total. The maximum Gasteiger partial charge on any atom is 0.490 e. The summed E-state index contributed by atoms with van der Waals surface area (Å²) >= 11 is 0.